The van der Waals surface area contributed by atoms with E-state index in [1.807, 2.05) is 0 Å². The third-order valence-corrected chi connectivity index (χ3v) is 2.56. The van der Waals surface area contributed by atoms with Gasteiger partial charge in [-0.15, -0.1) is 0 Å². The number of pyridine rings is 1. The number of anilines is 1. The summed E-state index contributed by atoms with van der Waals surface area (Å²) in [5.74, 6) is -0.313. The number of carbonyl (C=O) groups is 1. The SMILES string of the molecule is CCOC(=O)COc1ncccc1Oc1ccc(F)c(N)c1. The van der Waals surface area contributed by atoms with Crippen molar-refractivity contribution in [1.29, 1.82) is 0 Å². The van der Waals surface area contributed by atoms with Gasteiger partial charge in [-0.1, -0.05) is 0 Å². The number of rotatable bonds is 6. The number of carbonyl (C=O) groups excluding carboxylic acids is 1. The Labute approximate surface area is 126 Å². The molecule has 2 aromatic rings. The fourth-order valence-electron chi connectivity index (χ4n) is 1.60. The summed E-state index contributed by atoms with van der Waals surface area (Å²) in [6, 6.07) is 7.21. The van der Waals surface area contributed by atoms with Crippen LogP contribution >= 0.6 is 0 Å². The second-order valence-corrected chi connectivity index (χ2v) is 4.19. The molecule has 0 fully saturated rings. The first-order valence-electron chi connectivity index (χ1n) is 6.56. The smallest absolute Gasteiger partial charge is 0.344 e. The van der Waals surface area contributed by atoms with Crippen LogP contribution in [-0.2, 0) is 9.53 Å². The van der Waals surface area contributed by atoms with Crippen LogP contribution in [0, 0.1) is 5.82 Å². The van der Waals surface area contributed by atoms with Gasteiger partial charge in [-0.3, -0.25) is 0 Å². The van der Waals surface area contributed by atoms with Crippen LogP contribution in [-0.4, -0.2) is 24.2 Å². The molecule has 7 heteroatoms. The zero-order chi connectivity index (χ0) is 15.9. The van der Waals surface area contributed by atoms with Crippen molar-refractivity contribution < 1.29 is 23.4 Å². The minimum absolute atomic E-state index is 0.0321. The summed E-state index contributed by atoms with van der Waals surface area (Å²) in [4.78, 5) is 15.3. The van der Waals surface area contributed by atoms with E-state index in [-0.39, 0.29) is 30.5 Å². The molecule has 0 radical (unpaired) electrons. The lowest BCUT2D eigenvalue weighted by Crippen LogP contribution is -2.15. The Morgan fingerprint density at radius 1 is 1.36 bits per heavy atom. The van der Waals surface area contributed by atoms with Gasteiger partial charge in [0.25, 0.3) is 5.88 Å². The van der Waals surface area contributed by atoms with Gasteiger partial charge in [-0.2, -0.15) is 0 Å². The van der Waals surface area contributed by atoms with Crippen molar-refractivity contribution in [3.63, 3.8) is 0 Å². The van der Waals surface area contributed by atoms with Crippen molar-refractivity contribution >= 4 is 11.7 Å². The molecule has 2 rings (SSSR count). The molecule has 0 amide bonds. The van der Waals surface area contributed by atoms with Gasteiger partial charge in [0, 0.05) is 12.3 Å². The monoisotopic (exact) mass is 306 g/mol. The molecule has 22 heavy (non-hydrogen) atoms. The average Bonchev–Trinajstić information content (AvgIpc) is 2.50. The average molecular weight is 306 g/mol. The summed E-state index contributed by atoms with van der Waals surface area (Å²) in [6.07, 6.45) is 1.49. The van der Waals surface area contributed by atoms with Gasteiger partial charge < -0.3 is 19.9 Å². The number of benzene rings is 1. The van der Waals surface area contributed by atoms with Crippen LogP contribution < -0.4 is 15.2 Å². The number of nitrogens with zero attached hydrogens (tertiary/aromatic N) is 1. The predicted molar refractivity (Wildman–Crippen MR) is 77.3 cm³/mol. The number of hydrogen-bond donors (Lipinski definition) is 1. The van der Waals surface area contributed by atoms with Crippen molar-refractivity contribution in [2.75, 3.05) is 18.9 Å². The Balaban J connectivity index is 2.10. The number of halogens is 1. The first kappa shape index (κ1) is 15.6. The Bertz CT molecular complexity index is 664. The zero-order valence-corrected chi connectivity index (χ0v) is 11.9. The molecule has 0 aliphatic rings. The Morgan fingerprint density at radius 3 is 2.91 bits per heavy atom. The van der Waals surface area contributed by atoms with Crippen molar-refractivity contribution in [1.82, 2.24) is 4.98 Å². The van der Waals surface area contributed by atoms with Gasteiger partial charge in [0.2, 0.25) is 0 Å². The number of nitrogens with two attached hydrogens (primary N) is 1. The Morgan fingerprint density at radius 2 is 2.18 bits per heavy atom. The van der Waals surface area contributed by atoms with Gasteiger partial charge in [0.15, 0.2) is 12.4 Å². The first-order valence-corrected chi connectivity index (χ1v) is 6.56. The summed E-state index contributed by atoms with van der Waals surface area (Å²) >= 11 is 0. The van der Waals surface area contributed by atoms with E-state index >= 15 is 0 Å². The number of hydrogen-bond acceptors (Lipinski definition) is 6. The fourth-order valence-corrected chi connectivity index (χ4v) is 1.60. The second-order valence-electron chi connectivity index (χ2n) is 4.19. The molecular formula is C15H15FN2O4. The number of esters is 1. The number of ether oxygens (including phenoxy) is 3. The zero-order valence-electron chi connectivity index (χ0n) is 11.9. The maximum Gasteiger partial charge on any atom is 0.344 e. The minimum atomic E-state index is -0.530. The lowest BCUT2D eigenvalue weighted by molar-refractivity contribution is -0.145. The molecule has 2 N–H and O–H groups in total. The highest BCUT2D eigenvalue weighted by atomic mass is 19.1. The van der Waals surface area contributed by atoms with Crippen molar-refractivity contribution in [3.8, 4) is 17.4 Å². The van der Waals surface area contributed by atoms with Crippen molar-refractivity contribution in [3.05, 3.63) is 42.3 Å². The number of aromatic nitrogens is 1. The van der Waals surface area contributed by atoms with E-state index in [9.17, 15) is 9.18 Å². The topological polar surface area (TPSA) is 83.7 Å². The maximum atomic E-state index is 13.1. The van der Waals surface area contributed by atoms with Gasteiger partial charge in [-0.05, 0) is 31.2 Å². The van der Waals surface area contributed by atoms with E-state index in [4.69, 9.17) is 19.9 Å². The number of nitrogen functional groups attached to an aromatic ring is 1. The Kier molecular flexibility index (Phi) is 5.13. The van der Waals surface area contributed by atoms with Crippen LogP contribution in [0.3, 0.4) is 0 Å². The van der Waals surface area contributed by atoms with Crippen LogP contribution in [0.1, 0.15) is 6.92 Å². The summed E-state index contributed by atoms with van der Waals surface area (Å²) in [5.41, 5.74) is 5.45. The minimum Gasteiger partial charge on any atom is -0.463 e. The molecule has 1 aromatic heterocycles. The highest BCUT2D eigenvalue weighted by Crippen LogP contribution is 2.30. The normalized spacial score (nSPS) is 10.1. The molecule has 0 saturated heterocycles. The second kappa shape index (κ2) is 7.26. The molecule has 116 valence electrons. The quantitative estimate of drug-likeness (QED) is 0.652. The van der Waals surface area contributed by atoms with Crippen LogP contribution in [0.15, 0.2) is 36.5 Å². The lowest BCUT2D eigenvalue weighted by atomic mass is 10.3. The molecule has 0 bridgehead atoms. The van der Waals surface area contributed by atoms with Gasteiger partial charge in [0.1, 0.15) is 11.6 Å². The van der Waals surface area contributed by atoms with Crippen LogP contribution in [0.5, 0.6) is 17.4 Å². The third kappa shape index (κ3) is 4.08. The molecule has 1 heterocycles. The third-order valence-electron chi connectivity index (χ3n) is 2.56. The molecule has 0 aliphatic carbocycles. The fraction of sp³-hybridized carbons (Fsp3) is 0.200. The largest absolute Gasteiger partial charge is 0.463 e. The van der Waals surface area contributed by atoms with Crippen LogP contribution in [0.2, 0.25) is 0 Å². The molecule has 0 spiro atoms. The molecule has 6 nitrogen and oxygen atoms in total. The van der Waals surface area contributed by atoms with Gasteiger partial charge in [-0.25, -0.2) is 14.2 Å². The molecule has 0 unspecified atom stereocenters. The first-order chi connectivity index (χ1) is 10.6. The van der Waals surface area contributed by atoms with E-state index in [1.165, 1.54) is 24.4 Å². The maximum absolute atomic E-state index is 13.1. The van der Waals surface area contributed by atoms with E-state index < -0.39 is 11.8 Å². The van der Waals surface area contributed by atoms with E-state index in [2.05, 4.69) is 4.98 Å². The van der Waals surface area contributed by atoms with E-state index in [0.29, 0.717) is 5.75 Å². The van der Waals surface area contributed by atoms with Gasteiger partial charge >= 0.3 is 5.97 Å². The lowest BCUT2D eigenvalue weighted by Gasteiger charge is -2.11. The predicted octanol–water partition coefficient (Wildman–Crippen LogP) is 2.54. The van der Waals surface area contributed by atoms with Crippen LogP contribution in [0.4, 0.5) is 10.1 Å². The highest BCUT2D eigenvalue weighted by Gasteiger charge is 2.11. The molecule has 0 saturated carbocycles. The van der Waals surface area contributed by atoms with Gasteiger partial charge in [0.05, 0.1) is 12.3 Å². The van der Waals surface area contributed by atoms with Crippen molar-refractivity contribution in [2.45, 2.75) is 6.92 Å². The summed E-state index contributed by atoms with van der Waals surface area (Å²) in [7, 11) is 0. The summed E-state index contributed by atoms with van der Waals surface area (Å²) < 4.78 is 28.7. The molecule has 0 atom stereocenters. The summed E-state index contributed by atoms with van der Waals surface area (Å²) in [6.45, 7) is 1.68. The van der Waals surface area contributed by atoms with E-state index in [0.717, 1.165) is 0 Å². The highest BCUT2D eigenvalue weighted by molar-refractivity contribution is 5.71. The standard InChI is InChI=1S/C15H15FN2O4/c1-2-20-14(19)9-21-15-13(4-3-7-18-15)22-10-5-6-11(16)12(17)8-10/h3-8H,2,9,17H2,1H3. The summed E-state index contributed by atoms with van der Waals surface area (Å²) in [5, 5.41) is 0. The van der Waals surface area contributed by atoms with E-state index in [1.54, 1.807) is 19.1 Å². The van der Waals surface area contributed by atoms with Crippen LogP contribution in [0.25, 0.3) is 0 Å². The van der Waals surface area contributed by atoms with Crippen molar-refractivity contribution in [2.24, 2.45) is 0 Å². The molecular weight excluding hydrogens is 291 g/mol. The molecule has 0 aliphatic heterocycles. The molecule has 1 aromatic carbocycles. The Hall–Kier alpha value is -2.83.